The first kappa shape index (κ1) is 37.7. The first-order chi connectivity index (χ1) is 22.6. The first-order valence-electron chi connectivity index (χ1n) is 15.1. The number of rotatable bonds is 14. The number of nitrogens with one attached hydrogen (secondary N) is 1. The highest BCUT2D eigenvalue weighted by molar-refractivity contribution is 9.10. The lowest BCUT2D eigenvalue weighted by Gasteiger charge is -2.23. The summed E-state index contributed by atoms with van der Waals surface area (Å²) in [7, 11) is 0. The summed E-state index contributed by atoms with van der Waals surface area (Å²) in [6.07, 6.45) is 0.692. The third kappa shape index (κ3) is 9.96. The minimum Gasteiger partial charge on any atom is -0.459 e. The van der Waals surface area contributed by atoms with E-state index in [4.69, 9.17) is 30.5 Å². The maximum absolute atomic E-state index is 13.5. The van der Waals surface area contributed by atoms with Crippen molar-refractivity contribution in [1.29, 1.82) is 0 Å². The van der Waals surface area contributed by atoms with E-state index in [1.807, 2.05) is 67.6 Å². The normalized spacial score (nSPS) is 14.0. The Labute approximate surface area is 307 Å². The van der Waals surface area contributed by atoms with Crippen molar-refractivity contribution in [3.05, 3.63) is 127 Å². The van der Waals surface area contributed by atoms with E-state index in [0.29, 0.717) is 30.8 Å². The number of hydrogen-bond donors (Lipinski definition) is 2. The standard InChI is InChI=1S/C36H34Br2ClNO7.ClH/c1-23(40-22-31(41)27-7-4-10-30(39)21-27)17-26-11-12-32-33(20-26)47-36(46-32,34(42)44-15-13-24-5-2-8-28(37)18-24)35(43)45-16-14-25-6-3-9-29(38)19-25;/h2-12,18-21,23,31,40-41H,13-17,22H2,1H3;1H/t23-,31+;/m1./s1. The maximum Gasteiger partial charge on any atom is 0.453 e. The van der Waals surface area contributed by atoms with Gasteiger partial charge in [-0.3, -0.25) is 0 Å². The molecule has 0 amide bonds. The summed E-state index contributed by atoms with van der Waals surface area (Å²) in [6.45, 7) is 2.32. The van der Waals surface area contributed by atoms with Gasteiger partial charge in [-0.25, -0.2) is 9.59 Å². The average Bonchev–Trinajstić information content (AvgIpc) is 3.44. The Kier molecular flexibility index (Phi) is 13.8. The van der Waals surface area contributed by atoms with Crippen LogP contribution in [-0.4, -0.2) is 48.6 Å². The van der Waals surface area contributed by atoms with Crippen LogP contribution in [0, 0.1) is 0 Å². The van der Waals surface area contributed by atoms with E-state index in [1.54, 1.807) is 30.3 Å². The monoisotopic (exact) mass is 821 g/mol. The van der Waals surface area contributed by atoms with Gasteiger partial charge < -0.3 is 29.4 Å². The molecule has 4 aromatic rings. The smallest absolute Gasteiger partial charge is 0.453 e. The zero-order valence-corrected chi connectivity index (χ0v) is 30.7. The van der Waals surface area contributed by atoms with Crippen LogP contribution in [0.1, 0.15) is 35.3 Å². The molecule has 4 aromatic carbocycles. The summed E-state index contributed by atoms with van der Waals surface area (Å²) in [6, 6.07) is 27.6. The minimum absolute atomic E-state index is 0. The second-order valence-electron chi connectivity index (χ2n) is 11.2. The van der Waals surface area contributed by atoms with Gasteiger partial charge in [0.2, 0.25) is 0 Å². The number of carbonyl (C=O) groups excluding carboxylic acids is 2. The Morgan fingerprint density at radius 2 is 1.40 bits per heavy atom. The Balaban J connectivity index is 0.00000520. The van der Waals surface area contributed by atoms with Crippen LogP contribution < -0.4 is 14.8 Å². The van der Waals surface area contributed by atoms with E-state index in [0.717, 1.165) is 31.2 Å². The van der Waals surface area contributed by atoms with Crippen LogP contribution in [0.5, 0.6) is 11.5 Å². The molecule has 0 bridgehead atoms. The molecule has 0 saturated carbocycles. The number of halogens is 4. The predicted octanol–water partition coefficient (Wildman–Crippen LogP) is 7.58. The maximum atomic E-state index is 13.5. The quantitative estimate of drug-likeness (QED) is 0.0992. The molecule has 0 radical (unpaired) electrons. The number of aliphatic hydroxyl groups excluding tert-OH is 1. The second kappa shape index (κ2) is 17.5. The van der Waals surface area contributed by atoms with Gasteiger partial charge in [0.05, 0.1) is 19.3 Å². The molecule has 5 rings (SSSR count). The molecule has 254 valence electrons. The van der Waals surface area contributed by atoms with Crippen LogP contribution in [0.2, 0.25) is 5.02 Å². The Morgan fingerprint density at radius 3 is 1.98 bits per heavy atom. The van der Waals surface area contributed by atoms with Crippen LogP contribution >= 0.6 is 55.9 Å². The van der Waals surface area contributed by atoms with Crippen LogP contribution in [0.3, 0.4) is 0 Å². The Hall–Kier alpha value is -3.12. The number of ether oxygens (including phenoxy) is 4. The summed E-state index contributed by atoms with van der Waals surface area (Å²) in [5.74, 6) is -3.99. The SMILES string of the molecule is C[C@H](Cc1ccc2c(c1)OC(C(=O)OCCc1cccc(Br)c1)(C(=O)OCCc1cccc(Br)c1)O2)NC[C@H](O)c1cccc(Cl)c1.Cl. The van der Waals surface area contributed by atoms with Gasteiger partial charge in [0.25, 0.3) is 0 Å². The number of aliphatic hydroxyl groups is 1. The lowest BCUT2D eigenvalue weighted by atomic mass is 10.1. The molecule has 0 aromatic heterocycles. The van der Waals surface area contributed by atoms with Crippen LogP contribution in [0.25, 0.3) is 0 Å². The molecule has 12 heteroatoms. The zero-order chi connectivity index (χ0) is 33.4. The largest absolute Gasteiger partial charge is 0.459 e. The fourth-order valence-electron chi connectivity index (χ4n) is 5.09. The molecular weight excluding hydrogens is 789 g/mol. The summed E-state index contributed by atoms with van der Waals surface area (Å²) >= 11 is 12.9. The third-order valence-corrected chi connectivity index (χ3v) is 8.74. The fourth-order valence-corrected chi connectivity index (χ4v) is 6.18. The van der Waals surface area contributed by atoms with Crippen LogP contribution in [-0.2, 0) is 38.3 Å². The first-order valence-corrected chi connectivity index (χ1v) is 17.1. The number of fused-ring (bicyclic) bond motifs is 1. The van der Waals surface area contributed by atoms with E-state index in [1.165, 1.54) is 0 Å². The highest BCUT2D eigenvalue weighted by Crippen LogP contribution is 2.41. The van der Waals surface area contributed by atoms with Gasteiger partial charge in [-0.05, 0) is 84.1 Å². The summed E-state index contributed by atoms with van der Waals surface area (Å²) in [4.78, 5) is 27.1. The van der Waals surface area contributed by atoms with Crippen molar-refractivity contribution < 1.29 is 33.6 Å². The van der Waals surface area contributed by atoms with Crippen LogP contribution in [0.4, 0.5) is 0 Å². The molecule has 2 N–H and O–H groups in total. The molecule has 0 saturated heterocycles. The molecule has 0 aliphatic carbocycles. The van der Waals surface area contributed by atoms with Gasteiger partial charge in [-0.2, -0.15) is 0 Å². The average molecular weight is 824 g/mol. The number of carbonyl (C=O) groups is 2. The summed E-state index contributed by atoms with van der Waals surface area (Å²) in [5, 5.41) is 14.5. The molecule has 0 fully saturated rings. The molecule has 1 aliphatic heterocycles. The number of esters is 2. The summed E-state index contributed by atoms with van der Waals surface area (Å²) < 4.78 is 24.8. The fraction of sp³-hybridized carbons (Fsp3) is 0.278. The van der Waals surface area contributed by atoms with Gasteiger partial charge >= 0.3 is 17.7 Å². The second-order valence-corrected chi connectivity index (χ2v) is 13.5. The molecule has 0 unspecified atom stereocenters. The zero-order valence-electron chi connectivity index (χ0n) is 26.0. The van der Waals surface area contributed by atoms with Crippen molar-refractivity contribution >= 4 is 67.8 Å². The van der Waals surface area contributed by atoms with Gasteiger partial charge in [-0.1, -0.05) is 85.9 Å². The Morgan fingerprint density at radius 1 is 0.812 bits per heavy atom. The molecule has 1 heterocycles. The highest BCUT2D eigenvalue weighted by atomic mass is 79.9. The lowest BCUT2D eigenvalue weighted by Crippen LogP contribution is -2.56. The van der Waals surface area contributed by atoms with Gasteiger partial charge in [-0.15, -0.1) is 12.4 Å². The third-order valence-electron chi connectivity index (χ3n) is 7.51. The van der Waals surface area contributed by atoms with Crippen molar-refractivity contribution in [1.82, 2.24) is 5.32 Å². The van der Waals surface area contributed by atoms with Gasteiger partial charge in [0.15, 0.2) is 11.5 Å². The minimum atomic E-state index is -2.44. The van der Waals surface area contributed by atoms with E-state index in [-0.39, 0.29) is 43.2 Å². The van der Waals surface area contributed by atoms with Crippen molar-refractivity contribution in [2.24, 2.45) is 0 Å². The molecule has 2 atom stereocenters. The predicted molar refractivity (Wildman–Crippen MR) is 193 cm³/mol. The van der Waals surface area contributed by atoms with Crippen molar-refractivity contribution in [3.8, 4) is 11.5 Å². The van der Waals surface area contributed by atoms with Gasteiger partial charge in [0.1, 0.15) is 0 Å². The van der Waals surface area contributed by atoms with E-state index in [9.17, 15) is 14.7 Å². The van der Waals surface area contributed by atoms with Crippen molar-refractivity contribution in [2.45, 2.75) is 44.1 Å². The number of hydrogen-bond acceptors (Lipinski definition) is 8. The topological polar surface area (TPSA) is 103 Å². The molecular formula is C36H35Br2Cl2NO7. The van der Waals surface area contributed by atoms with Gasteiger partial charge in [0, 0.05) is 39.4 Å². The highest BCUT2D eigenvalue weighted by Gasteiger charge is 2.59. The summed E-state index contributed by atoms with van der Waals surface area (Å²) in [5.41, 5.74) is 3.48. The Bertz CT molecular complexity index is 1660. The van der Waals surface area contributed by atoms with E-state index in [2.05, 4.69) is 37.2 Å². The van der Waals surface area contributed by atoms with Crippen molar-refractivity contribution in [3.63, 3.8) is 0 Å². The van der Waals surface area contributed by atoms with Crippen LogP contribution in [0.15, 0.2) is 99.9 Å². The molecule has 0 spiro atoms. The lowest BCUT2D eigenvalue weighted by molar-refractivity contribution is -0.202. The molecule has 48 heavy (non-hydrogen) atoms. The van der Waals surface area contributed by atoms with E-state index < -0.39 is 23.8 Å². The molecule has 1 aliphatic rings. The number of benzene rings is 4. The van der Waals surface area contributed by atoms with E-state index >= 15 is 0 Å². The molecule has 8 nitrogen and oxygen atoms in total. The van der Waals surface area contributed by atoms with Crippen molar-refractivity contribution in [2.75, 3.05) is 19.8 Å².